The Hall–Kier alpha value is -4.00. The highest BCUT2D eigenvalue weighted by Crippen LogP contribution is 2.24. The standard InChI is InChI=1S/C25H25N5O2/c1-2-23(31)30-14-12-19(13-15-30)29-25-22(16-27-17-28-25)24(26)18-8-10-21(11-9-18)32-20-6-4-3-5-7-20/h2-11,16-17,19,26H,1,12-15H2,(H,27,28,29). The number of nitrogens with one attached hydrogen (secondary N) is 2. The summed E-state index contributed by atoms with van der Waals surface area (Å²) < 4.78 is 5.83. The Bertz CT molecular complexity index is 1090. The number of hydrogen-bond acceptors (Lipinski definition) is 6. The van der Waals surface area contributed by atoms with Gasteiger partial charge in [-0.05, 0) is 55.3 Å². The fourth-order valence-corrected chi connectivity index (χ4v) is 3.66. The van der Waals surface area contributed by atoms with E-state index < -0.39 is 0 Å². The van der Waals surface area contributed by atoms with E-state index in [0.717, 1.165) is 24.2 Å². The molecule has 0 saturated carbocycles. The molecule has 2 heterocycles. The normalized spacial score (nSPS) is 13.9. The lowest BCUT2D eigenvalue weighted by atomic mass is 10.0. The number of hydrogen-bond donors (Lipinski definition) is 2. The average Bonchev–Trinajstić information content (AvgIpc) is 2.85. The van der Waals surface area contributed by atoms with Gasteiger partial charge in [-0.15, -0.1) is 0 Å². The average molecular weight is 428 g/mol. The number of carbonyl (C=O) groups is 1. The van der Waals surface area contributed by atoms with Crippen LogP contribution in [0.1, 0.15) is 24.0 Å². The summed E-state index contributed by atoms with van der Waals surface area (Å²) in [6.07, 6.45) is 6.10. The molecule has 1 saturated heterocycles. The molecule has 4 rings (SSSR count). The van der Waals surface area contributed by atoms with E-state index in [1.165, 1.54) is 12.4 Å². The third kappa shape index (κ3) is 5.00. The van der Waals surface area contributed by atoms with Crippen molar-refractivity contribution in [2.75, 3.05) is 18.4 Å². The Labute approximate surface area is 187 Å². The van der Waals surface area contributed by atoms with E-state index >= 15 is 0 Å². The third-order valence-corrected chi connectivity index (χ3v) is 5.43. The van der Waals surface area contributed by atoms with Crippen LogP contribution in [-0.4, -0.2) is 45.6 Å². The van der Waals surface area contributed by atoms with Crippen molar-refractivity contribution in [3.05, 3.63) is 90.9 Å². The van der Waals surface area contributed by atoms with E-state index in [-0.39, 0.29) is 11.9 Å². The summed E-state index contributed by atoms with van der Waals surface area (Å²) in [6, 6.07) is 17.2. The lowest BCUT2D eigenvalue weighted by Gasteiger charge is -2.32. The first-order valence-corrected chi connectivity index (χ1v) is 10.5. The molecular weight excluding hydrogens is 402 g/mol. The van der Waals surface area contributed by atoms with Crippen molar-refractivity contribution >= 4 is 17.4 Å². The fourth-order valence-electron chi connectivity index (χ4n) is 3.66. The maximum atomic E-state index is 11.8. The molecule has 0 unspecified atom stereocenters. The van der Waals surface area contributed by atoms with Gasteiger partial charge in [0.1, 0.15) is 23.6 Å². The summed E-state index contributed by atoms with van der Waals surface area (Å²) in [4.78, 5) is 22.1. The van der Waals surface area contributed by atoms with Crippen molar-refractivity contribution in [1.29, 1.82) is 5.41 Å². The summed E-state index contributed by atoms with van der Waals surface area (Å²) in [5.74, 6) is 2.06. The lowest BCUT2D eigenvalue weighted by Crippen LogP contribution is -2.42. The molecule has 3 aromatic rings. The second kappa shape index (κ2) is 9.87. The van der Waals surface area contributed by atoms with Crippen molar-refractivity contribution in [2.24, 2.45) is 0 Å². The zero-order chi connectivity index (χ0) is 22.3. The van der Waals surface area contributed by atoms with E-state index in [9.17, 15) is 4.79 Å². The van der Waals surface area contributed by atoms with E-state index in [1.54, 1.807) is 11.1 Å². The smallest absolute Gasteiger partial charge is 0.245 e. The molecule has 0 radical (unpaired) electrons. The first kappa shape index (κ1) is 21.2. The topological polar surface area (TPSA) is 91.2 Å². The summed E-state index contributed by atoms with van der Waals surface area (Å²) in [6.45, 7) is 4.89. The Balaban J connectivity index is 1.43. The SMILES string of the molecule is C=CC(=O)N1CCC(Nc2ncncc2C(=N)c2ccc(Oc3ccccc3)cc2)CC1. The molecule has 0 bridgehead atoms. The van der Waals surface area contributed by atoms with Gasteiger partial charge in [0, 0.05) is 30.9 Å². The molecule has 2 aromatic carbocycles. The van der Waals surface area contributed by atoms with Gasteiger partial charge in [0.25, 0.3) is 0 Å². The van der Waals surface area contributed by atoms with Gasteiger partial charge in [-0.2, -0.15) is 0 Å². The van der Waals surface area contributed by atoms with Crippen LogP contribution >= 0.6 is 0 Å². The number of amides is 1. The summed E-state index contributed by atoms with van der Waals surface area (Å²) in [5, 5.41) is 12.2. The minimum atomic E-state index is -0.0346. The quantitative estimate of drug-likeness (QED) is 0.434. The molecule has 0 aliphatic carbocycles. The Morgan fingerprint density at radius 3 is 2.47 bits per heavy atom. The number of likely N-dealkylation sites (tertiary alicyclic amines) is 1. The first-order valence-electron chi connectivity index (χ1n) is 10.5. The maximum absolute atomic E-state index is 11.8. The summed E-state index contributed by atoms with van der Waals surface area (Å²) >= 11 is 0. The molecule has 1 aliphatic heterocycles. The van der Waals surface area contributed by atoms with Gasteiger partial charge in [0.05, 0.1) is 11.3 Å². The van der Waals surface area contributed by atoms with Crippen molar-refractivity contribution in [1.82, 2.24) is 14.9 Å². The molecule has 0 spiro atoms. The van der Waals surface area contributed by atoms with Crippen LogP contribution in [0.2, 0.25) is 0 Å². The summed E-state index contributed by atoms with van der Waals surface area (Å²) in [7, 11) is 0. The third-order valence-electron chi connectivity index (χ3n) is 5.43. The van der Waals surface area contributed by atoms with Crippen LogP contribution in [0.15, 0.2) is 79.8 Å². The number of carbonyl (C=O) groups excluding carboxylic acids is 1. The number of nitrogens with zero attached hydrogens (tertiary/aromatic N) is 3. The minimum absolute atomic E-state index is 0.0346. The molecule has 0 atom stereocenters. The number of para-hydroxylation sites is 1. The van der Waals surface area contributed by atoms with E-state index in [0.29, 0.717) is 35.9 Å². The number of rotatable bonds is 7. The highest BCUT2D eigenvalue weighted by molar-refractivity contribution is 6.13. The molecule has 1 amide bonds. The van der Waals surface area contributed by atoms with Crippen LogP contribution in [-0.2, 0) is 4.79 Å². The van der Waals surface area contributed by atoms with Gasteiger partial charge >= 0.3 is 0 Å². The van der Waals surface area contributed by atoms with Gasteiger partial charge < -0.3 is 15.0 Å². The predicted octanol–water partition coefficient (Wildman–Crippen LogP) is 4.27. The van der Waals surface area contributed by atoms with E-state index in [2.05, 4.69) is 21.9 Å². The highest BCUT2D eigenvalue weighted by Gasteiger charge is 2.23. The number of piperidine rings is 1. The Morgan fingerprint density at radius 1 is 1.09 bits per heavy atom. The van der Waals surface area contributed by atoms with Gasteiger partial charge in [-0.25, -0.2) is 9.97 Å². The molecular formula is C25H25N5O2. The number of anilines is 1. The van der Waals surface area contributed by atoms with Crippen LogP contribution in [0.25, 0.3) is 0 Å². The van der Waals surface area contributed by atoms with Crippen LogP contribution < -0.4 is 10.1 Å². The molecule has 7 nitrogen and oxygen atoms in total. The number of ether oxygens (including phenoxy) is 1. The zero-order valence-electron chi connectivity index (χ0n) is 17.7. The second-order valence-corrected chi connectivity index (χ2v) is 7.55. The Kier molecular flexibility index (Phi) is 6.55. The second-order valence-electron chi connectivity index (χ2n) is 7.55. The predicted molar refractivity (Wildman–Crippen MR) is 124 cm³/mol. The molecule has 7 heteroatoms. The summed E-state index contributed by atoms with van der Waals surface area (Å²) in [5.41, 5.74) is 1.71. The van der Waals surface area contributed by atoms with E-state index in [4.69, 9.17) is 10.1 Å². The fraction of sp³-hybridized carbons (Fsp3) is 0.200. The lowest BCUT2D eigenvalue weighted by molar-refractivity contribution is -0.126. The van der Waals surface area contributed by atoms with Gasteiger partial charge in [0.15, 0.2) is 0 Å². The van der Waals surface area contributed by atoms with Crippen molar-refractivity contribution in [3.63, 3.8) is 0 Å². The minimum Gasteiger partial charge on any atom is -0.457 e. The molecule has 162 valence electrons. The number of benzene rings is 2. The van der Waals surface area contributed by atoms with Crippen molar-refractivity contribution < 1.29 is 9.53 Å². The van der Waals surface area contributed by atoms with Crippen LogP contribution in [0, 0.1) is 5.41 Å². The van der Waals surface area contributed by atoms with Crippen molar-refractivity contribution in [2.45, 2.75) is 18.9 Å². The molecule has 1 aliphatic rings. The number of aromatic nitrogens is 2. The van der Waals surface area contributed by atoms with Crippen LogP contribution in [0.5, 0.6) is 11.5 Å². The monoisotopic (exact) mass is 427 g/mol. The van der Waals surface area contributed by atoms with Gasteiger partial charge in [-0.3, -0.25) is 10.2 Å². The van der Waals surface area contributed by atoms with Crippen LogP contribution in [0.3, 0.4) is 0 Å². The molecule has 2 N–H and O–H groups in total. The largest absolute Gasteiger partial charge is 0.457 e. The first-order chi connectivity index (χ1) is 15.6. The van der Waals surface area contributed by atoms with Gasteiger partial charge in [-0.1, -0.05) is 24.8 Å². The van der Waals surface area contributed by atoms with E-state index in [1.807, 2.05) is 54.6 Å². The van der Waals surface area contributed by atoms with Gasteiger partial charge in [0.2, 0.25) is 5.91 Å². The highest BCUT2D eigenvalue weighted by atomic mass is 16.5. The Morgan fingerprint density at radius 2 is 1.78 bits per heavy atom. The molecule has 1 fully saturated rings. The molecule has 32 heavy (non-hydrogen) atoms. The maximum Gasteiger partial charge on any atom is 0.245 e. The van der Waals surface area contributed by atoms with Crippen molar-refractivity contribution in [3.8, 4) is 11.5 Å². The molecule has 1 aromatic heterocycles. The van der Waals surface area contributed by atoms with Crippen LogP contribution in [0.4, 0.5) is 5.82 Å². The zero-order valence-corrected chi connectivity index (χ0v) is 17.7.